The van der Waals surface area contributed by atoms with Crippen LogP contribution in [0.3, 0.4) is 0 Å². The highest BCUT2D eigenvalue weighted by molar-refractivity contribution is 8.13. The van der Waals surface area contributed by atoms with E-state index in [9.17, 15) is 0 Å². The molecule has 0 aliphatic carbocycles. The van der Waals surface area contributed by atoms with Crippen molar-refractivity contribution in [1.82, 2.24) is 0 Å². The van der Waals surface area contributed by atoms with E-state index in [1.54, 1.807) is 11.8 Å². The standard InChI is InChI=1S/C9H11NS/c1-8(11-2)10-9-6-4-3-5-7-9/h3-7H,1-2H3. The number of hydrogen-bond acceptors (Lipinski definition) is 2. The van der Waals surface area contributed by atoms with Crippen molar-refractivity contribution in [1.29, 1.82) is 0 Å². The van der Waals surface area contributed by atoms with E-state index in [0.29, 0.717) is 0 Å². The fourth-order valence-electron chi connectivity index (χ4n) is 0.730. The van der Waals surface area contributed by atoms with Crippen LogP contribution >= 0.6 is 11.8 Å². The molecular formula is C9H11NS. The van der Waals surface area contributed by atoms with Crippen molar-refractivity contribution in [2.75, 3.05) is 6.26 Å². The molecular weight excluding hydrogens is 154 g/mol. The van der Waals surface area contributed by atoms with Gasteiger partial charge in [0.15, 0.2) is 0 Å². The Morgan fingerprint density at radius 1 is 1.27 bits per heavy atom. The predicted molar refractivity (Wildman–Crippen MR) is 52.7 cm³/mol. The van der Waals surface area contributed by atoms with Crippen molar-refractivity contribution in [2.24, 2.45) is 4.99 Å². The number of benzene rings is 1. The van der Waals surface area contributed by atoms with Crippen LogP contribution in [0.5, 0.6) is 0 Å². The van der Waals surface area contributed by atoms with Gasteiger partial charge in [-0.25, -0.2) is 4.99 Å². The van der Waals surface area contributed by atoms with Crippen LogP contribution in [0.2, 0.25) is 0 Å². The van der Waals surface area contributed by atoms with Gasteiger partial charge in [-0.2, -0.15) is 0 Å². The molecule has 1 rings (SSSR count). The largest absolute Gasteiger partial charge is 0.247 e. The number of thioether (sulfide) groups is 1. The van der Waals surface area contributed by atoms with Crippen LogP contribution in [0.25, 0.3) is 0 Å². The second kappa shape index (κ2) is 4.19. The SMILES string of the molecule is CSC(C)=Nc1ccccc1. The van der Waals surface area contributed by atoms with Crippen molar-refractivity contribution < 1.29 is 0 Å². The second-order valence-electron chi connectivity index (χ2n) is 2.17. The monoisotopic (exact) mass is 165 g/mol. The van der Waals surface area contributed by atoms with Crippen LogP contribution < -0.4 is 0 Å². The summed E-state index contributed by atoms with van der Waals surface area (Å²) in [6, 6.07) is 9.98. The van der Waals surface area contributed by atoms with E-state index in [-0.39, 0.29) is 0 Å². The van der Waals surface area contributed by atoms with Gasteiger partial charge in [0.25, 0.3) is 0 Å². The van der Waals surface area contributed by atoms with E-state index in [1.807, 2.05) is 43.5 Å². The van der Waals surface area contributed by atoms with Crippen molar-refractivity contribution in [3.63, 3.8) is 0 Å². The Morgan fingerprint density at radius 3 is 2.45 bits per heavy atom. The van der Waals surface area contributed by atoms with Crippen LogP contribution in [0, 0.1) is 0 Å². The molecule has 0 aliphatic heterocycles. The van der Waals surface area contributed by atoms with Crippen LogP contribution in [0.4, 0.5) is 5.69 Å². The van der Waals surface area contributed by atoms with Crippen LogP contribution in [-0.4, -0.2) is 11.3 Å². The van der Waals surface area contributed by atoms with E-state index >= 15 is 0 Å². The Labute approximate surface area is 71.5 Å². The molecule has 0 amide bonds. The first-order valence-corrected chi connectivity index (χ1v) is 4.70. The topological polar surface area (TPSA) is 12.4 Å². The Hall–Kier alpha value is -0.760. The lowest BCUT2D eigenvalue weighted by atomic mass is 10.3. The molecule has 1 aromatic carbocycles. The lowest BCUT2D eigenvalue weighted by Crippen LogP contribution is -1.78. The van der Waals surface area contributed by atoms with Gasteiger partial charge in [0.2, 0.25) is 0 Å². The van der Waals surface area contributed by atoms with Crippen LogP contribution in [0.1, 0.15) is 6.92 Å². The molecule has 0 fully saturated rings. The summed E-state index contributed by atoms with van der Waals surface area (Å²) in [5.41, 5.74) is 1.03. The maximum Gasteiger partial charge on any atom is 0.0704 e. The van der Waals surface area contributed by atoms with Crippen molar-refractivity contribution >= 4 is 22.5 Å². The molecule has 0 aromatic heterocycles. The number of nitrogens with zero attached hydrogens (tertiary/aromatic N) is 1. The fraction of sp³-hybridized carbons (Fsp3) is 0.222. The highest BCUT2D eigenvalue weighted by atomic mass is 32.2. The van der Waals surface area contributed by atoms with Gasteiger partial charge in [-0.3, -0.25) is 0 Å². The molecule has 11 heavy (non-hydrogen) atoms. The van der Waals surface area contributed by atoms with Crippen molar-refractivity contribution in [2.45, 2.75) is 6.92 Å². The fourth-order valence-corrected chi connectivity index (χ4v) is 0.927. The summed E-state index contributed by atoms with van der Waals surface area (Å²) in [6.07, 6.45) is 2.03. The van der Waals surface area contributed by atoms with E-state index < -0.39 is 0 Å². The molecule has 0 bridgehead atoms. The van der Waals surface area contributed by atoms with Gasteiger partial charge in [-0.05, 0) is 25.3 Å². The van der Waals surface area contributed by atoms with E-state index in [0.717, 1.165) is 10.7 Å². The normalized spacial score (nSPS) is 11.6. The minimum Gasteiger partial charge on any atom is -0.247 e. The molecule has 0 unspecified atom stereocenters. The molecule has 0 N–H and O–H groups in total. The zero-order valence-corrected chi connectivity index (χ0v) is 7.56. The minimum absolute atomic E-state index is 1.03. The summed E-state index contributed by atoms with van der Waals surface area (Å²) in [4.78, 5) is 4.36. The van der Waals surface area contributed by atoms with Crippen LogP contribution in [0.15, 0.2) is 35.3 Å². The van der Waals surface area contributed by atoms with E-state index in [4.69, 9.17) is 0 Å². The van der Waals surface area contributed by atoms with Gasteiger partial charge >= 0.3 is 0 Å². The average molecular weight is 165 g/mol. The molecule has 0 spiro atoms. The first-order chi connectivity index (χ1) is 5.33. The molecule has 58 valence electrons. The third-order valence-electron chi connectivity index (χ3n) is 1.34. The number of aliphatic imine (C=N–C) groups is 1. The van der Waals surface area contributed by atoms with Gasteiger partial charge in [0, 0.05) is 0 Å². The highest BCUT2D eigenvalue weighted by Gasteiger charge is 1.87. The summed E-state index contributed by atoms with van der Waals surface area (Å²) in [5.74, 6) is 0. The predicted octanol–water partition coefficient (Wildman–Crippen LogP) is 3.10. The lowest BCUT2D eigenvalue weighted by Gasteiger charge is -1.94. The minimum atomic E-state index is 1.03. The summed E-state index contributed by atoms with van der Waals surface area (Å²) in [5, 5.41) is 1.09. The molecule has 0 saturated carbocycles. The molecule has 1 nitrogen and oxygen atoms in total. The number of rotatable bonds is 1. The Bertz CT molecular complexity index is 241. The molecule has 0 atom stereocenters. The Balaban J connectivity index is 2.79. The second-order valence-corrected chi connectivity index (χ2v) is 3.17. The average Bonchev–Trinajstić information content (AvgIpc) is 2.06. The Morgan fingerprint density at radius 2 is 1.91 bits per heavy atom. The molecule has 2 heteroatoms. The number of hydrogen-bond donors (Lipinski definition) is 0. The molecule has 0 saturated heterocycles. The van der Waals surface area contributed by atoms with Gasteiger partial charge in [0.1, 0.15) is 0 Å². The lowest BCUT2D eigenvalue weighted by molar-refractivity contribution is 1.52. The van der Waals surface area contributed by atoms with Crippen LogP contribution in [-0.2, 0) is 0 Å². The van der Waals surface area contributed by atoms with Crippen molar-refractivity contribution in [3.05, 3.63) is 30.3 Å². The third kappa shape index (κ3) is 2.76. The van der Waals surface area contributed by atoms with Crippen molar-refractivity contribution in [3.8, 4) is 0 Å². The first-order valence-electron chi connectivity index (χ1n) is 3.47. The molecule has 0 aliphatic rings. The maximum absolute atomic E-state index is 4.36. The Kier molecular flexibility index (Phi) is 3.17. The first kappa shape index (κ1) is 8.34. The summed E-state index contributed by atoms with van der Waals surface area (Å²) in [7, 11) is 0. The number of para-hydroxylation sites is 1. The smallest absolute Gasteiger partial charge is 0.0704 e. The highest BCUT2D eigenvalue weighted by Crippen LogP contribution is 2.12. The maximum atomic E-state index is 4.36. The summed E-state index contributed by atoms with van der Waals surface area (Å²) < 4.78 is 0. The van der Waals surface area contributed by atoms with E-state index in [1.165, 1.54) is 0 Å². The molecule has 1 aromatic rings. The van der Waals surface area contributed by atoms with Gasteiger partial charge < -0.3 is 0 Å². The van der Waals surface area contributed by atoms with Gasteiger partial charge in [0.05, 0.1) is 10.7 Å². The molecule has 0 radical (unpaired) electrons. The molecule has 0 heterocycles. The third-order valence-corrected chi connectivity index (χ3v) is 2.02. The summed E-state index contributed by atoms with van der Waals surface area (Å²) >= 11 is 1.67. The van der Waals surface area contributed by atoms with Gasteiger partial charge in [-0.1, -0.05) is 18.2 Å². The van der Waals surface area contributed by atoms with E-state index in [2.05, 4.69) is 4.99 Å². The zero-order valence-electron chi connectivity index (χ0n) is 6.74. The quantitative estimate of drug-likeness (QED) is 0.460. The zero-order chi connectivity index (χ0) is 8.10. The van der Waals surface area contributed by atoms with Gasteiger partial charge in [-0.15, -0.1) is 11.8 Å². The summed E-state index contributed by atoms with van der Waals surface area (Å²) in [6.45, 7) is 2.01.